The Bertz CT molecular complexity index is 1450. The third kappa shape index (κ3) is 5.32. The van der Waals surface area contributed by atoms with Gasteiger partial charge in [0.25, 0.3) is 5.91 Å². The van der Waals surface area contributed by atoms with Gasteiger partial charge < -0.3 is 19.9 Å². The minimum absolute atomic E-state index is 0.0653. The summed E-state index contributed by atoms with van der Waals surface area (Å²) in [6.45, 7) is -0.0653. The lowest BCUT2D eigenvalue weighted by Crippen LogP contribution is -2.42. The first-order valence-corrected chi connectivity index (χ1v) is 11.6. The van der Waals surface area contributed by atoms with Crippen molar-refractivity contribution in [3.63, 3.8) is 0 Å². The molecule has 1 aliphatic heterocycles. The quantitative estimate of drug-likeness (QED) is 0.396. The SMILES string of the molecule is COc1ccc(-c2noc(CCC(=O)Nc3ccc(C(=O)N4CC(=O)Nc5ccccc54)cc3)n2)cc1. The molecule has 10 nitrogen and oxygen atoms in total. The van der Waals surface area contributed by atoms with Crippen LogP contribution in [0.1, 0.15) is 22.7 Å². The molecule has 2 heterocycles. The average Bonchev–Trinajstić information content (AvgIpc) is 3.41. The van der Waals surface area contributed by atoms with Crippen molar-refractivity contribution in [1.82, 2.24) is 10.1 Å². The van der Waals surface area contributed by atoms with Crippen LogP contribution in [0, 0.1) is 0 Å². The molecule has 0 bridgehead atoms. The van der Waals surface area contributed by atoms with Gasteiger partial charge in [0, 0.05) is 29.7 Å². The molecule has 0 atom stereocenters. The Morgan fingerprint density at radius 2 is 1.81 bits per heavy atom. The van der Waals surface area contributed by atoms with Crippen LogP contribution in [0.3, 0.4) is 0 Å². The summed E-state index contributed by atoms with van der Waals surface area (Å²) >= 11 is 0. The Morgan fingerprint density at radius 1 is 1.05 bits per heavy atom. The second-order valence-electron chi connectivity index (χ2n) is 8.32. The molecule has 0 fully saturated rings. The third-order valence-corrected chi connectivity index (χ3v) is 5.81. The molecule has 37 heavy (non-hydrogen) atoms. The second kappa shape index (κ2) is 10.3. The van der Waals surface area contributed by atoms with Gasteiger partial charge >= 0.3 is 0 Å². The van der Waals surface area contributed by atoms with E-state index in [4.69, 9.17) is 9.26 Å². The number of aromatic nitrogens is 2. The van der Waals surface area contributed by atoms with Gasteiger partial charge in [-0.25, -0.2) is 0 Å². The lowest BCUT2D eigenvalue weighted by atomic mass is 10.1. The fourth-order valence-corrected chi connectivity index (χ4v) is 3.92. The van der Waals surface area contributed by atoms with E-state index in [1.807, 2.05) is 18.2 Å². The van der Waals surface area contributed by atoms with Gasteiger partial charge in [-0.3, -0.25) is 19.3 Å². The fourth-order valence-electron chi connectivity index (χ4n) is 3.92. The normalized spacial score (nSPS) is 12.5. The molecule has 0 unspecified atom stereocenters. The van der Waals surface area contributed by atoms with Gasteiger partial charge in [-0.05, 0) is 60.7 Å². The second-order valence-corrected chi connectivity index (χ2v) is 8.32. The Hall–Kier alpha value is -4.99. The number of anilines is 3. The summed E-state index contributed by atoms with van der Waals surface area (Å²) in [6, 6.07) is 20.9. The minimum atomic E-state index is -0.302. The summed E-state index contributed by atoms with van der Waals surface area (Å²) in [7, 11) is 1.59. The molecule has 3 amide bonds. The molecule has 1 aromatic heterocycles. The number of benzene rings is 3. The number of carbonyl (C=O) groups excluding carboxylic acids is 3. The van der Waals surface area contributed by atoms with Crippen molar-refractivity contribution >= 4 is 34.8 Å². The van der Waals surface area contributed by atoms with Crippen molar-refractivity contribution in [2.24, 2.45) is 0 Å². The molecule has 3 aromatic carbocycles. The van der Waals surface area contributed by atoms with Crippen LogP contribution < -0.4 is 20.3 Å². The Kier molecular flexibility index (Phi) is 6.62. The van der Waals surface area contributed by atoms with Gasteiger partial charge in [-0.1, -0.05) is 17.3 Å². The third-order valence-electron chi connectivity index (χ3n) is 5.81. The summed E-state index contributed by atoms with van der Waals surface area (Å²) < 4.78 is 10.4. The highest BCUT2D eigenvalue weighted by Crippen LogP contribution is 2.30. The number of carbonyl (C=O) groups is 3. The van der Waals surface area contributed by atoms with Gasteiger partial charge in [-0.2, -0.15) is 4.98 Å². The molecule has 0 radical (unpaired) electrons. The molecule has 0 saturated carbocycles. The van der Waals surface area contributed by atoms with Crippen LogP contribution in [0.4, 0.5) is 17.1 Å². The van der Waals surface area contributed by atoms with Crippen LogP contribution in [0.5, 0.6) is 5.75 Å². The van der Waals surface area contributed by atoms with Crippen molar-refractivity contribution in [2.45, 2.75) is 12.8 Å². The number of rotatable bonds is 7. The van der Waals surface area contributed by atoms with E-state index in [0.717, 1.165) is 11.3 Å². The van der Waals surface area contributed by atoms with Crippen LogP contribution in [-0.4, -0.2) is 41.5 Å². The summed E-state index contributed by atoms with van der Waals surface area (Å²) in [5.74, 6) is 0.730. The van der Waals surface area contributed by atoms with E-state index >= 15 is 0 Å². The molecule has 0 saturated heterocycles. The van der Waals surface area contributed by atoms with Crippen LogP contribution >= 0.6 is 0 Å². The molecular weight excluding hydrogens is 474 g/mol. The lowest BCUT2D eigenvalue weighted by molar-refractivity contribution is -0.116. The van der Waals surface area contributed by atoms with Gasteiger partial charge in [-0.15, -0.1) is 0 Å². The molecule has 5 rings (SSSR count). The van der Waals surface area contributed by atoms with E-state index in [1.54, 1.807) is 61.7 Å². The highest BCUT2D eigenvalue weighted by atomic mass is 16.5. The van der Waals surface area contributed by atoms with E-state index in [-0.39, 0.29) is 37.1 Å². The Balaban J connectivity index is 1.17. The van der Waals surface area contributed by atoms with Crippen molar-refractivity contribution in [2.75, 3.05) is 29.2 Å². The molecule has 10 heteroatoms. The smallest absolute Gasteiger partial charge is 0.258 e. The number of nitrogens with one attached hydrogen (secondary N) is 2. The van der Waals surface area contributed by atoms with E-state index in [1.165, 1.54) is 4.90 Å². The van der Waals surface area contributed by atoms with E-state index < -0.39 is 0 Å². The van der Waals surface area contributed by atoms with Gasteiger partial charge in [0.2, 0.25) is 23.5 Å². The first kappa shape index (κ1) is 23.7. The van der Waals surface area contributed by atoms with E-state index in [0.29, 0.717) is 34.3 Å². The Labute approximate surface area is 212 Å². The zero-order chi connectivity index (χ0) is 25.8. The summed E-state index contributed by atoms with van der Waals surface area (Å²) in [5.41, 5.74) is 2.96. The maximum atomic E-state index is 13.1. The van der Waals surface area contributed by atoms with Gasteiger partial charge in [0.1, 0.15) is 12.3 Å². The predicted molar refractivity (Wildman–Crippen MR) is 136 cm³/mol. The minimum Gasteiger partial charge on any atom is -0.497 e. The average molecular weight is 498 g/mol. The Morgan fingerprint density at radius 3 is 2.57 bits per heavy atom. The highest BCUT2D eigenvalue weighted by molar-refractivity contribution is 6.15. The molecule has 4 aromatic rings. The van der Waals surface area contributed by atoms with Crippen molar-refractivity contribution in [3.05, 3.63) is 84.3 Å². The monoisotopic (exact) mass is 497 g/mol. The number of aryl methyl sites for hydroxylation is 1. The molecular formula is C27H23N5O5. The highest BCUT2D eigenvalue weighted by Gasteiger charge is 2.27. The number of amides is 3. The molecule has 0 spiro atoms. The number of hydrogen-bond donors (Lipinski definition) is 2. The maximum Gasteiger partial charge on any atom is 0.258 e. The standard InChI is InChI=1S/C27H23N5O5/c1-36-20-12-8-17(9-13-20)26-30-25(37-31-26)15-14-23(33)28-19-10-6-18(7-11-19)27(35)32-16-24(34)29-21-4-2-3-5-22(21)32/h2-13H,14-16H2,1H3,(H,28,33)(H,29,34). The molecule has 0 aliphatic carbocycles. The number of ether oxygens (including phenoxy) is 1. The fraction of sp³-hybridized carbons (Fsp3) is 0.148. The first-order valence-electron chi connectivity index (χ1n) is 11.6. The maximum absolute atomic E-state index is 13.1. The molecule has 1 aliphatic rings. The van der Waals surface area contributed by atoms with Crippen molar-refractivity contribution < 1.29 is 23.6 Å². The van der Waals surface area contributed by atoms with Gasteiger partial charge in [0.05, 0.1) is 18.5 Å². The molecule has 2 N–H and O–H groups in total. The number of methoxy groups -OCH3 is 1. The summed E-state index contributed by atoms with van der Waals surface area (Å²) in [5, 5.41) is 9.53. The van der Waals surface area contributed by atoms with Crippen molar-refractivity contribution in [3.8, 4) is 17.1 Å². The van der Waals surface area contributed by atoms with Crippen LogP contribution in [0.15, 0.2) is 77.3 Å². The number of para-hydroxylation sites is 2. The first-order chi connectivity index (χ1) is 18.0. The van der Waals surface area contributed by atoms with Gasteiger partial charge in [0.15, 0.2) is 0 Å². The molecule has 186 valence electrons. The van der Waals surface area contributed by atoms with E-state index in [2.05, 4.69) is 20.8 Å². The number of hydrogen-bond acceptors (Lipinski definition) is 7. The van der Waals surface area contributed by atoms with Crippen LogP contribution in [-0.2, 0) is 16.0 Å². The van der Waals surface area contributed by atoms with E-state index in [9.17, 15) is 14.4 Å². The predicted octanol–water partition coefficient (Wildman–Crippen LogP) is 3.92. The zero-order valence-corrected chi connectivity index (χ0v) is 19.9. The summed E-state index contributed by atoms with van der Waals surface area (Å²) in [4.78, 5) is 43.3. The zero-order valence-electron chi connectivity index (χ0n) is 19.9. The number of fused-ring (bicyclic) bond motifs is 1. The topological polar surface area (TPSA) is 127 Å². The number of nitrogens with zero attached hydrogens (tertiary/aromatic N) is 3. The van der Waals surface area contributed by atoms with Crippen LogP contribution in [0.2, 0.25) is 0 Å². The van der Waals surface area contributed by atoms with Crippen LogP contribution in [0.25, 0.3) is 11.4 Å². The van der Waals surface area contributed by atoms with Crippen molar-refractivity contribution in [1.29, 1.82) is 0 Å². The lowest BCUT2D eigenvalue weighted by Gasteiger charge is -2.29. The largest absolute Gasteiger partial charge is 0.497 e. The summed E-state index contributed by atoms with van der Waals surface area (Å²) in [6.07, 6.45) is 0.423.